The van der Waals surface area contributed by atoms with Crippen LogP contribution in [-0.4, -0.2) is 24.5 Å². The van der Waals surface area contributed by atoms with Crippen molar-refractivity contribution in [3.8, 4) is 11.5 Å². The Bertz CT molecular complexity index is 449. The normalized spacial score (nSPS) is 26.6. The van der Waals surface area contributed by atoms with Crippen LogP contribution >= 0.6 is 0 Å². The van der Waals surface area contributed by atoms with Gasteiger partial charge in [-0.15, -0.1) is 0 Å². The van der Waals surface area contributed by atoms with Gasteiger partial charge in [-0.05, 0) is 43.4 Å². The zero-order valence-corrected chi connectivity index (χ0v) is 11.3. The fourth-order valence-corrected chi connectivity index (χ4v) is 2.88. The number of hydrogen-bond donors (Lipinski definition) is 2. The second kappa shape index (κ2) is 5.39. The number of hydrogen-bond acceptors (Lipinski definition) is 4. The van der Waals surface area contributed by atoms with Gasteiger partial charge in [0.1, 0.15) is 0 Å². The standard InChI is InChI=1S/C15H21NO3/c1-10(16-8-12-3-2-4-13(12)17)11-5-6-14-15(7-11)19-9-18-14/h5-7,10,12-13,16-17H,2-4,8-9H2,1H3. The summed E-state index contributed by atoms with van der Waals surface area (Å²) in [5.41, 5.74) is 1.19. The summed E-state index contributed by atoms with van der Waals surface area (Å²) in [4.78, 5) is 0. The highest BCUT2D eigenvalue weighted by Gasteiger charge is 2.25. The molecule has 1 aliphatic carbocycles. The maximum absolute atomic E-state index is 9.82. The van der Waals surface area contributed by atoms with Gasteiger partial charge in [0, 0.05) is 12.6 Å². The molecule has 0 amide bonds. The molecule has 19 heavy (non-hydrogen) atoms. The number of nitrogens with one attached hydrogen (secondary N) is 1. The Hall–Kier alpha value is -1.26. The zero-order chi connectivity index (χ0) is 13.2. The molecule has 1 saturated carbocycles. The Kier molecular flexibility index (Phi) is 3.62. The molecule has 0 radical (unpaired) electrons. The van der Waals surface area contributed by atoms with E-state index in [-0.39, 0.29) is 12.1 Å². The van der Waals surface area contributed by atoms with Crippen LogP contribution in [0.1, 0.15) is 37.8 Å². The molecule has 4 heteroatoms. The topological polar surface area (TPSA) is 50.7 Å². The third-order valence-electron chi connectivity index (χ3n) is 4.20. The fourth-order valence-electron chi connectivity index (χ4n) is 2.88. The molecule has 1 aromatic rings. The monoisotopic (exact) mass is 263 g/mol. The lowest BCUT2D eigenvalue weighted by molar-refractivity contribution is 0.130. The molecular weight excluding hydrogens is 242 g/mol. The lowest BCUT2D eigenvalue weighted by Crippen LogP contribution is -2.29. The highest BCUT2D eigenvalue weighted by molar-refractivity contribution is 5.45. The molecule has 2 N–H and O–H groups in total. The van der Waals surface area contributed by atoms with Crippen molar-refractivity contribution in [2.45, 2.75) is 38.3 Å². The minimum atomic E-state index is -0.128. The molecule has 3 atom stereocenters. The molecule has 0 spiro atoms. The predicted octanol–water partition coefficient (Wildman–Crippen LogP) is 2.23. The van der Waals surface area contributed by atoms with E-state index >= 15 is 0 Å². The van der Waals surface area contributed by atoms with Crippen LogP contribution in [0.3, 0.4) is 0 Å². The number of aliphatic hydroxyl groups excluding tert-OH is 1. The smallest absolute Gasteiger partial charge is 0.231 e. The van der Waals surface area contributed by atoms with E-state index in [1.54, 1.807) is 0 Å². The van der Waals surface area contributed by atoms with Gasteiger partial charge in [-0.2, -0.15) is 0 Å². The third kappa shape index (κ3) is 2.69. The van der Waals surface area contributed by atoms with E-state index in [1.165, 1.54) is 5.56 Å². The summed E-state index contributed by atoms with van der Waals surface area (Å²) in [6.45, 7) is 3.32. The van der Waals surface area contributed by atoms with Crippen LogP contribution < -0.4 is 14.8 Å². The van der Waals surface area contributed by atoms with Gasteiger partial charge < -0.3 is 19.9 Å². The van der Waals surface area contributed by atoms with Crippen molar-refractivity contribution in [2.75, 3.05) is 13.3 Å². The number of aliphatic hydroxyl groups is 1. The van der Waals surface area contributed by atoms with E-state index in [0.29, 0.717) is 12.7 Å². The maximum Gasteiger partial charge on any atom is 0.231 e. The average molecular weight is 263 g/mol. The van der Waals surface area contributed by atoms with Gasteiger partial charge in [0.25, 0.3) is 0 Å². The Morgan fingerprint density at radius 3 is 2.95 bits per heavy atom. The lowest BCUT2D eigenvalue weighted by atomic mass is 10.0. The van der Waals surface area contributed by atoms with Gasteiger partial charge >= 0.3 is 0 Å². The molecule has 2 aliphatic rings. The number of fused-ring (bicyclic) bond motifs is 1. The van der Waals surface area contributed by atoms with Crippen molar-refractivity contribution in [3.63, 3.8) is 0 Å². The van der Waals surface area contributed by atoms with Crippen LogP contribution in [0.15, 0.2) is 18.2 Å². The van der Waals surface area contributed by atoms with Crippen molar-refractivity contribution in [1.29, 1.82) is 0 Å². The Labute approximate surface area is 113 Å². The van der Waals surface area contributed by atoms with Crippen LogP contribution in [0.2, 0.25) is 0 Å². The molecule has 104 valence electrons. The quantitative estimate of drug-likeness (QED) is 0.874. The van der Waals surface area contributed by atoms with Crippen LogP contribution in [0.4, 0.5) is 0 Å². The number of ether oxygens (including phenoxy) is 2. The largest absolute Gasteiger partial charge is 0.454 e. The lowest BCUT2D eigenvalue weighted by Gasteiger charge is -2.20. The summed E-state index contributed by atoms with van der Waals surface area (Å²) in [6, 6.07) is 6.31. The van der Waals surface area contributed by atoms with Crippen LogP contribution in [0.25, 0.3) is 0 Å². The second-order valence-corrected chi connectivity index (χ2v) is 5.50. The van der Waals surface area contributed by atoms with E-state index in [9.17, 15) is 5.11 Å². The minimum Gasteiger partial charge on any atom is -0.454 e. The van der Waals surface area contributed by atoms with Gasteiger partial charge in [-0.1, -0.05) is 12.5 Å². The van der Waals surface area contributed by atoms with Crippen LogP contribution in [0.5, 0.6) is 11.5 Å². The predicted molar refractivity (Wildman–Crippen MR) is 72.3 cm³/mol. The van der Waals surface area contributed by atoms with E-state index < -0.39 is 0 Å². The van der Waals surface area contributed by atoms with Gasteiger partial charge in [0.2, 0.25) is 6.79 Å². The first-order valence-electron chi connectivity index (χ1n) is 7.05. The third-order valence-corrected chi connectivity index (χ3v) is 4.20. The molecule has 1 aliphatic heterocycles. The summed E-state index contributed by atoms with van der Waals surface area (Å²) in [6.07, 6.45) is 3.09. The molecule has 3 rings (SSSR count). The Morgan fingerprint density at radius 2 is 2.16 bits per heavy atom. The number of rotatable bonds is 4. The molecule has 0 saturated heterocycles. The molecule has 0 bridgehead atoms. The maximum atomic E-state index is 9.82. The van der Waals surface area contributed by atoms with Gasteiger partial charge in [-0.25, -0.2) is 0 Å². The summed E-state index contributed by atoms with van der Waals surface area (Å²) < 4.78 is 10.7. The van der Waals surface area contributed by atoms with E-state index in [2.05, 4.69) is 18.3 Å². The van der Waals surface area contributed by atoms with E-state index in [0.717, 1.165) is 37.3 Å². The summed E-state index contributed by atoms with van der Waals surface area (Å²) in [5, 5.41) is 13.3. The zero-order valence-electron chi connectivity index (χ0n) is 11.3. The highest BCUT2D eigenvalue weighted by Crippen LogP contribution is 2.34. The number of benzene rings is 1. The molecule has 1 aromatic carbocycles. The first kappa shape index (κ1) is 12.8. The van der Waals surface area contributed by atoms with Gasteiger partial charge in [0.15, 0.2) is 11.5 Å². The first-order chi connectivity index (χ1) is 9.24. The Balaban J connectivity index is 1.59. The van der Waals surface area contributed by atoms with Crippen molar-refractivity contribution in [2.24, 2.45) is 5.92 Å². The van der Waals surface area contributed by atoms with Crippen LogP contribution in [0, 0.1) is 5.92 Å². The molecule has 4 nitrogen and oxygen atoms in total. The first-order valence-corrected chi connectivity index (χ1v) is 7.05. The van der Waals surface area contributed by atoms with Crippen molar-refractivity contribution >= 4 is 0 Å². The summed E-state index contributed by atoms with van der Waals surface area (Å²) in [7, 11) is 0. The van der Waals surface area contributed by atoms with Crippen LogP contribution in [-0.2, 0) is 0 Å². The molecule has 1 heterocycles. The van der Waals surface area contributed by atoms with Crippen molar-refractivity contribution in [3.05, 3.63) is 23.8 Å². The average Bonchev–Trinajstić information content (AvgIpc) is 3.03. The second-order valence-electron chi connectivity index (χ2n) is 5.50. The van der Waals surface area contributed by atoms with Gasteiger partial charge in [0.05, 0.1) is 6.10 Å². The molecule has 1 fully saturated rings. The summed E-state index contributed by atoms with van der Waals surface area (Å²) in [5.74, 6) is 2.05. The molecule has 0 aromatic heterocycles. The molecular formula is C15H21NO3. The van der Waals surface area contributed by atoms with Gasteiger partial charge in [-0.3, -0.25) is 0 Å². The fraction of sp³-hybridized carbons (Fsp3) is 0.600. The van der Waals surface area contributed by atoms with E-state index in [4.69, 9.17) is 9.47 Å². The SMILES string of the molecule is CC(NCC1CCCC1O)c1ccc2c(c1)OCO2. The minimum absolute atomic E-state index is 0.128. The molecule has 3 unspecified atom stereocenters. The van der Waals surface area contributed by atoms with E-state index in [1.807, 2.05) is 12.1 Å². The van der Waals surface area contributed by atoms with Crippen molar-refractivity contribution < 1.29 is 14.6 Å². The highest BCUT2D eigenvalue weighted by atomic mass is 16.7. The summed E-state index contributed by atoms with van der Waals surface area (Å²) >= 11 is 0. The Morgan fingerprint density at radius 1 is 1.32 bits per heavy atom. The van der Waals surface area contributed by atoms with Crippen molar-refractivity contribution in [1.82, 2.24) is 5.32 Å².